The molecule has 0 spiro atoms. The number of hydrogen-bond donors (Lipinski definition) is 2. The third-order valence-corrected chi connectivity index (χ3v) is 3.83. The lowest BCUT2D eigenvalue weighted by Crippen LogP contribution is -2.42. The van der Waals surface area contributed by atoms with Gasteiger partial charge in [0.1, 0.15) is 0 Å². The third kappa shape index (κ3) is 5.47. The molecule has 1 amide bonds. The molecule has 0 aromatic rings. The molecule has 112 valence electrons. The normalized spacial score (nSPS) is 22.6. The summed E-state index contributed by atoms with van der Waals surface area (Å²) in [7, 11) is 1.67. The molecule has 19 heavy (non-hydrogen) atoms. The predicted octanol–water partition coefficient (Wildman–Crippen LogP) is 0.936. The monoisotopic (exact) mass is 272 g/mol. The number of carbonyl (C=O) groups is 1. The largest absolute Gasteiger partial charge is 0.382 e. The van der Waals surface area contributed by atoms with Crippen LogP contribution in [0, 0.1) is 5.41 Å². The Balaban J connectivity index is 2.04. The van der Waals surface area contributed by atoms with E-state index in [2.05, 4.69) is 17.6 Å². The quantitative estimate of drug-likeness (QED) is 0.581. The minimum absolute atomic E-state index is 0.172. The van der Waals surface area contributed by atoms with Gasteiger partial charge >= 0.3 is 0 Å². The minimum atomic E-state index is -0.172. The summed E-state index contributed by atoms with van der Waals surface area (Å²) in [5.41, 5.74) is -0.172. The summed E-state index contributed by atoms with van der Waals surface area (Å²) < 4.78 is 10.3. The molecule has 0 aromatic carbocycles. The predicted molar refractivity (Wildman–Crippen MR) is 75.1 cm³/mol. The number of ether oxygens (including phenoxy) is 2. The van der Waals surface area contributed by atoms with Crippen LogP contribution in [0.2, 0.25) is 0 Å². The molecule has 1 aliphatic heterocycles. The molecule has 5 nitrogen and oxygen atoms in total. The van der Waals surface area contributed by atoms with Gasteiger partial charge in [0.05, 0.1) is 18.6 Å². The summed E-state index contributed by atoms with van der Waals surface area (Å²) in [6, 6.07) is 0. The Morgan fingerprint density at radius 1 is 1.32 bits per heavy atom. The maximum Gasteiger partial charge on any atom is 0.227 e. The average molecular weight is 272 g/mol. The molecule has 0 saturated carbocycles. The lowest BCUT2D eigenvalue weighted by Gasteiger charge is -2.25. The van der Waals surface area contributed by atoms with E-state index in [1.54, 1.807) is 7.11 Å². The standard InChI is InChI=1S/C14H28N2O3/c1-3-14(6-8-15-12-14)13(17)16-7-4-5-9-19-11-10-18-2/h15H,3-12H2,1-2H3,(H,16,17). The van der Waals surface area contributed by atoms with E-state index in [1.807, 2.05) is 0 Å². The first-order valence-corrected chi connectivity index (χ1v) is 7.31. The number of nitrogens with one attached hydrogen (secondary N) is 2. The summed E-state index contributed by atoms with van der Waals surface area (Å²) in [6.07, 6.45) is 3.80. The lowest BCUT2D eigenvalue weighted by atomic mass is 9.83. The molecule has 0 bridgehead atoms. The summed E-state index contributed by atoms with van der Waals surface area (Å²) >= 11 is 0. The van der Waals surface area contributed by atoms with E-state index >= 15 is 0 Å². The molecule has 0 radical (unpaired) electrons. The van der Waals surface area contributed by atoms with Gasteiger partial charge < -0.3 is 20.1 Å². The van der Waals surface area contributed by atoms with Crippen LogP contribution < -0.4 is 10.6 Å². The zero-order valence-corrected chi connectivity index (χ0v) is 12.3. The van der Waals surface area contributed by atoms with Gasteiger partial charge in [0.25, 0.3) is 0 Å². The van der Waals surface area contributed by atoms with E-state index < -0.39 is 0 Å². The zero-order chi connectivity index (χ0) is 14.0. The molecule has 1 rings (SSSR count). The number of amides is 1. The van der Waals surface area contributed by atoms with Crippen LogP contribution in [-0.2, 0) is 14.3 Å². The highest BCUT2D eigenvalue weighted by Crippen LogP contribution is 2.29. The number of methoxy groups -OCH3 is 1. The molecule has 1 atom stereocenters. The highest BCUT2D eigenvalue weighted by Gasteiger charge is 2.38. The smallest absolute Gasteiger partial charge is 0.227 e. The average Bonchev–Trinajstić information content (AvgIpc) is 2.91. The van der Waals surface area contributed by atoms with Gasteiger partial charge in [-0.2, -0.15) is 0 Å². The fourth-order valence-corrected chi connectivity index (χ4v) is 2.36. The maximum absolute atomic E-state index is 12.2. The Morgan fingerprint density at radius 2 is 2.16 bits per heavy atom. The molecule has 1 saturated heterocycles. The van der Waals surface area contributed by atoms with Crippen LogP contribution in [0.25, 0.3) is 0 Å². The van der Waals surface area contributed by atoms with Crippen LogP contribution in [0.3, 0.4) is 0 Å². The van der Waals surface area contributed by atoms with Gasteiger partial charge in [0.15, 0.2) is 0 Å². The fraction of sp³-hybridized carbons (Fsp3) is 0.929. The van der Waals surface area contributed by atoms with Crippen LogP contribution in [0.1, 0.15) is 32.6 Å². The fourth-order valence-electron chi connectivity index (χ4n) is 2.36. The van der Waals surface area contributed by atoms with Gasteiger partial charge in [-0.3, -0.25) is 4.79 Å². The highest BCUT2D eigenvalue weighted by atomic mass is 16.5. The van der Waals surface area contributed by atoms with Gasteiger partial charge in [0.2, 0.25) is 5.91 Å². The summed E-state index contributed by atoms with van der Waals surface area (Å²) in [6.45, 7) is 6.63. The molecule has 1 unspecified atom stereocenters. The minimum Gasteiger partial charge on any atom is -0.382 e. The number of unbranched alkanes of at least 4 members (excludes halogenated alkanes) is 1. The number of rotatable bonds is 10. The van der Waals surface area contributed by atoms with Crippen molar-refractivity contribution in [1.82, 2.24) is 10.6 Å². The second-order valence-corrected chi connectivity index (χ2v) is 5.13. The number of carbonyl (C=O) groups excluding carboxylic acids is 1. The highest BCUT2D eigenvalue weighted by molar-refractivity contribution is 5.83. The van der Waals surface area contributed by atoms with Gasteiger partial charge in [0, 0.05) is 26.8 Å². The molecule has 0 aliphatic carbocycles. The van der Waals surface area contributed by atoms with Crippen molar-refractivity contribution in [3.8, 4) is 0 Å². The molecule has 0 aromatic heterocycles. The van der Waals surface area contributed by atoms with E-state index in [0.717, 1.165) is 51.9 Å². The molecule has 2 N–H and O–H groups in total. The Labute approximate surface area is 116 Å². The van der Waals surface area contributed by atoms with Crippen molar-refractivity contribution in [1.29, 1.82) is 0 Å². The van der Waals surface area contributed by atoms with Crippen molar-refractivity contribution < 1.29 is 14.3 Å². The summed E-state index contributed by atoms with van der Waals surface area (Å²) in [4.78, 5) is 12.2. The summed E-state index contributed by atoms with van der Waals surface area (Å²) in [5, 5.41) is 6.34. The van der Waals surface area contributed by atoms with Crippen LogP contribution in [0.4, 0.5) is 0 Å². The van der Waals surface area contributed by atoms with Crippen molar-refractivity contribution in [2.24, 2.45) is 5.41 Å². The van der Waals surface area contributed by atoms with Crippen molar-refractivity contribution >= 4 is 5.91 Å². The Bertz CT molecular complexity index is 253. The van der Waals surface area contributed by atoms with Crippen molar-refractivity contribution in [3.05, 3.63) is 0 Å². The second-order valence-electron chi connectivity index (χ2n) is 5.13. The topological polar surface area (TPSA) is 59.6 Å². The van der Waals surface area contributed by atoms with Gasteiger partial charge in [-0.05, 0) is 32.2 Å². The lowest BCUT2D eigenvalue weighted by molar-refractivity contribution is -0.130. The summed E-state index contributed by atoms with van der Waals surface area (Å²) in [5.74, 6) is 0.209. The SMILES string of the molecule is CCC1(C(=O)NCCCCOCCOC)CCNC1. The molecule has 1 aliphatic rings. The van der Waals surface area contributed by atoms with Crippen LogP contribution in [-0.4, -0.2) is 52.5 Å². The van der Waals surface area contributed by atoms with E-state index in [-0.39, 0.29) is 11.3 Å². The van der Waals surface area contributed by atoms with E-state index in [1.165, 1.54) is 0 Å². The van der Waals surface area contributed by atoms with E-state index in [0.29, 0.717) is 13.2 Å². The van der Waals surface area contributed by atoms with Crippen molar-refractivity contribution in [2.45, 2.75) is 32.6 Å². The Kier molecular flexibility index (Phi) is 8.02. The molecule has 5 heteroatoms. The first kappa shape index (κ1) is 16.4. The Hall–Kier alpha value is -0.650. The Morgan fingerprint density at radius 3 is 2.79 bits per heavy atom. The van der Waals surface area contributed by atoms with Crippen LogP contribution in [0.5, 0.6) is 0 Å². The van der Waals surface area contributed by atoms with Crippen LogP contribution >= 0.6 is 0 Å². The first-order valence-electron chi connectivity index (χ1n) is 7.31. The van der Waals surface area contributed by atoms with Gasteiger partial charge in [-0.15, -0.1) is 0 Å². The van der Waals surface area contributed by atoms with Gasteiger partial charge in [-0.1, -0.05) is 6.92 Å². The second kappa shape index (κ2) is 9.28. The van der Waals surface area contributed by atoms with Crippen molar-refractivity contribution in [2.75, 3.05) is 46.6 Å². The molecule has 1 fully saturated rings. The zero-order valence-electron chi connectivity index (χ0n) is 12.3. The van der Waals surface area contributed by atoms with E-state index in [4.69, 9.17) is 9.47 Å². The van der Waals surface area contributed by atoms with E-state index in [9.17, 15) is 4.79 Å². The molecular formula is C14H28N2O3. The maximum atomic E-state index is 12.2. The van der Waals surface area contributed by atoms with Crippen LogP contribution in [0.15, 0.2) is 0 Å². The molecule has 1 heterocycles. The first-order chi connectivity index (χ1) is 9.25. The van der Waals surface area contributed by atoms with Gasteiger partial charge in [-0.25, -0.2) is 0 Å². The third-order valence-electron chi connectivity index (χ3n) is 3.83. The molecular weight excluding hydrogens is 244 g/mol. The van der Waals surface area contributed by atoms with Crippen molar-refractivity contribution in [3.63, 3.8) is 0 Å². The number of hydrogen-bond acceptors (Lipinski definition) is 4.